The minimum atomic E-state index is -0.405. The van der Waals surface area contributed by atoms with E-state index >= 15 is 0 Å². The fourth-order valence-corrected chi connectivity index (χ4v) is 3.58. The van der Waals surface area contributed by atoms with Crippen molar-refractivity contribution >= 4 is 39.8 Å². The third-order valence-corrected chi connectivity index (χ3v) is 5.03. The Balaban J connectivity index is 1.96. The number of ether oxygens (including phenoxy) is 1. The molecule has 1 N–H and O–H groups in total. The van der Waals surface area contributed by atoms with E-state index in [1.165, 1.54) is 23.5 Å². The SMILES string of the molecule is CCOC(=O)c1sc(NC(=O)CN(C)Cc2c(F)cccc2Cl)cc1C. The average molecular weight is 399 g/mol. The van der Waals surface area contributed by atoms with Crippen LogP contribution in [0.3, 0.4) is 0 Å². The molecule has 0 bridgehead atoms. The molecule has 2 rings (SSSR count). The molecule has 2 aromatic rings. The maximum absolute atomic E-state index is 13.8. The Morgan fingerprint density at radius 3 is 2.77 bits per heavy atom. The van der Waals surface area contributed by atoms with E-state index in [1.807, 2.05) is 0 Å². The predicted octanol–water partition coefficient (Wildman–Crippen LogP) is 4.10. The highest BCUT2D eigenvalue weighted by Gasteiger charge is 2.17. The number of hydrogen-bond donors (Lipinski definition) is 1. The number of amides is 1. The highest BCUT2D eigenvalue weighted by atomic mass is 35.5. The lowest BCUT2D eigenvalue weighted by Crippen LogP contribution is -2.30. The number of nitrogens with zero attached hydrogens (tertiary/aromatic N) is 1. The zero-order valence-corrected chi connectivity index (χ0v) is 16.3. The molecule has 8 heteroatoms. The second-order valence-electron chi connectivity index (χ2n) is 5.76. The Morgan fingerprint density at radius 1 is 1.38 bits per heavy atom. The van der Waals surface area contributed by atoms with Crippen LogP contribution in [0.2, 0.25) is 5.02 Å². The van der Waals surface area contributed by atoms with Gasteiger partial charge in [0.25, 0.3) is 0 Å². The summed E-state index contributed by atoms with van der Waals surface area (Å²) in [4.78, 5) is 26.2. The molecule has 0 spiro atoms. The second kappa shape index (κ2) is 9.12. The highest BCUT2D eigenvalue weighted by Crippen LogP contribution is 2.27. The Kier molecular flexibility index (Phi) is 7.14. The molecule has 0 unspecified atom stereocenters. The van der Waals surface area contributed by atoms with Gasteiger partial charge in [0.15, 0.2) is 0 Å². The van der Waals surface area contributed by atoms with Gasteiger partial charge in [-0.3, -0.25) is 9.69 Å². The van der Waals surface area contributed by atoms with Gasteiger partial charge in [0.1, 0.15) is 10.7 Å². The number of carbonyl (C=O) groups is 2. The summed E-state index contributed by atoms with van der Waals surface area (Å²) >= 11 is 7.17. The molecule has 140 valence electrons. The molecule has 0 aliphatic rings. The van der Waals surface area contributed by atoms with Gasteiger partial charge in [-0.1, -0.05) is 17.7 Å². The van der Waals surface area contributed by atoms with Crippen molar-refractivity contribution in [3.8, 4) is 0 Å². The van der Waals surface area contributed by atoms with Crippen molar-refractivity contribution in [2.45, 2.75) is 20.4 Å². The van der Waals surface area contributed by atoms with Gasteiger partial charge < -0.3 is 10.1 Å². The number of rotatable bonds is 7. The first-order valence-electron chi connectivity index (χ1n) is 8.00. The van der Waals surface area contributed by atoms with Crippen LogP contribution < -0.4 is 5.32 Å². The van der Waals surface area contributed by atoms with Crippen LogP contribution in [0.15, 0.2) is 24.3 Å². The monoisotopic (exact) mass is 398 g/mol. The fourth-order valence-electron chi connectivity index (χ4n) is 2.37. The molecule has 1 aromatic heterocycles. The van der Waals surface area contributed by atoms with Crippen molar-refractivity contribution in [3.05, 3.63) is 51.1 Å². The summed E-state index contributed by atoms with van der Waals surface area (Å²) in [6.07, 6.45) is 0. The van der Waals surface area contributed by atoms with E-state index in [0.29, 0.717) is 27.1 Å². The Bertz CT molecular complexity index is 789. The average Bonchev–Trinajstić information content (AvgIpc) is 2.91. The van der Waals surface area contributed by atoms with Gasteiger partial charge >= 0.3 is 5.97 Å². The molecule has 0 saturated carbocycles. The molecule has 1 aromatic carbocycles. The Labute approximate surface area is 160 Å². The van der Waals surface area contributed by atoms with Gasteiger partial charge in [-0.25, -0.2) is 9.18 Å². The van der Waals surface area contributed by atoms with E-state index < -0.39 is 11.8 Å². The maximum Gasteiger partial charge on any atom is 0.348 e. The first-order valence-corrected chi connectivity index (χ1v) is 9.20. The quantitative estimate of drug-likeness (QED) is 0.713. The van der Waals surface area contributed by atoms with E-state index in [4.69, 9.17) is 16.3 Å². The van der Waals surface area contributed by atoms with Gasteiger partial charge in [-0.2, -0.15) is 0 Å². The number of thiophene rings is 1. The summed E-state index contributed by atoms with van der Waals surface area (Å²) in [6.45, 7) is 4.07. The van der Waals surface area contributed by atoms with Crippen LogP contribution in [0.5, 0.6) is 0 Å². The largest absolute Gasteiger partial charge is 0.462 e. The molecule has 0 fully saturated rings. The number of halogens is 2. The molecular formula is C18H20ClFN2O3S. The zero-order valence-electron chi connectivity index (χ0n) is 14.8. The minimum Gasteiger partial charge on any atom is -0.462 e. The lowest BCUT2D eigenvalue weighted by Gasteiger charge is -2.17. The van der Waals surface area contributed by atoms with Crippen molar-refractivity contribution in [1.82, 2.24) is 4.90 Å². The van der Waals surface area contributed by atoms with Crippen LogP contribution in [0.25, 0.3) is 0 Å². The van der Waals surface area contributed by atoms with Crippen molar-refractivity contribution in [2.24, 2.45) is 0 Å². The van der Waals surface area contributed by atoms with Crippen molar-refractivity contribution in [1.29, 1.82) is 0 Å². The summed E-state index contributed by atoms with van der Waals surface area (Å²) in [5.41, 5.74) is 1.09. The second-order valence-corrected chi connectivity index (χ2v) is 7.22. The van der Waals surface area contributed by atoms with Crippen LogP contribution in [-0.4, -0.2) is 37.0 Å². The lowest BCUT2D eigenvalue weighted by atomic mass is 10.2. The minimum absolute atomic E-state index is 0.0519. The number of carbonyl (C=O) groups excluding carboxylic acids is 2. The summed E-state index contributed by atoms with van der Waals surface area (Å²) in [5.74, 6) is -1.07. The molecule has 0 aliphatic heterocycles. The van der Waals surface area contributed by atoms with Crippen LogP contribution in [0, 0.1) is 12.7 Å². The first kappa shape index (κ1) is 20.4. The zero-order chi connectivity index (χ0) is 19.3. The molecular weight excluding hydrogens is 379 g/mol. The molecule has 0 aliphatic carbocycles. The van der Waals surface area contributed by atoms with Crippen molar-refractivity contribution in [2.75, 3.05) is 25.5 Å². The number of benzene rings is 1. The number of likely N-dealkylation sites (N-methyl/N-ethyl adjacent to an activating group) is 1. The van der Waals surface area contributed by atoms with Gasteiger partial charge in [0, 0.05) is 17.1 Å². The summed E-state index contributed by atoms with van der Waals surface area (Å²) in [5, 5.41) is 3.64. The molecule has 0 radical (unpaired) electrons. The number of esters is 1. The summed E-state index contributed by atoms with van der Waals surface area (Å²) in [7, 11) is 1.70. The lowest BCUT2D eigenvalue weighted by molar-refractivity contribution is -0.117. The number of nitrogens with one attached hydrogen (secondary N) is 1. The number of aryl methyl sites for hydroxylation is 1. The van der Waals surface area contributed by atoms with Gasteiger partial charge in [-0.15, -0.1) is 11.3 Å². The third kappa shape index (κ3) is 5.27. The van der Waals surface area contributed by atoms with Crippen LogP contribution in [-0.2, 0) is 16.1 Å². The standard InChI is InChI=1S/C18H20ClFN2O3S/c1-4-25-18(24)17-11(2)8-16(26-17)21-15(23)10-22(3)9-12-13(19)6-5-7-14(12)20/h5-8H,4,9-10H2,1-3H3,(H,21,23). The highest BCUT2D eigenvalue weighted by molar-refractivity contribution is 7.18. The fraction of sp³-hybridized carbons (Fsp3) is 0.333. The first-order chi connectivity index (χ1) is 12.3. The number of anilines is 1. The maximum atomic E-state index is 13.8. The smallest absolute Gasteiger partial charge is 0.348 e. The summed E-state index contributed by atoms with van der Waals surface area (Å²) in [6, 6.07) is 6.20. The van der Waals surface area contributed by atoms with Crippen LogP contribution >= 0.6 is 22.9 Å². The molecule has 1 amide bonds. The normalized spacial score (nSPS) is 10.8. The van der Waals surface area contributed by atoms with E-state index in [1.54, 1.807) is 37.9 Å². The molecule has 1 heterocycles. The Morgan fingerprint density at radius 2 is 2.12 bits per heavy atom. The number of hydrogen-bond acceptors (Lipinski definition) is 5. The van der Waals surface area contributed by atoms with E-state index in [2.05, 4.69) is 5.32 Å². The van der Waals surface area contributed by atoms with E-state index in [9.17, 15) is 14.0 Å². The van der Waals surface area contributed by atoms with Crippen molar-refractivity contribution < 1.29 is 18.7 Å². The molecule has 0 saturated heterocycles. The van der Waals surface area contributed by atoms with Crippen LogP contribution in [0.4, 0.5) is 9.39 Å². The molecule has 26 heavy (non-hydrogen) atoms. The van der Waals surface area contributed by atoms with Crippen LogP contribution in [0.1, 0.15) is 27.7 Å². The van der Waals surface area contributed by atoms with Gasteiger partial charge in [0.2, 0.25) is 5.91 Å². The van der Waals surface area contributed by atoms with E-state index in [0.717, 1.165) is 5.56 Å². The van der Waals surface area contributed by atoms with E-state index in [-0.39, 0.29) is 19.0 Å². The van der Waals surface area contributed by atoms with Gasteiger partial charge in [0.05, 0.1) is 18.2 Å². The molecule has 5 nitrogen and oxygen atoms in total. The summed E-state index contributed by atoms with van der Waals surface area (Å²) < 4.78 is 18.8. The molecule has 0 atom stereocenters. The Hall–Kier alpha value is -1.96. The third-order valence-electron chi connectivity index (χ3n) is 3.54. The topological polar surface area (TPSA) is 58.6 Å². The van der Waals surface area contributed by atoms with Gasteiger partial charge in [-0.05, 0) is 44.7 Å². The predicted molar refractivity (Wildman–Crippen MR) is 101 cm³/mol. The van der Waals surface area contributed by atoms with Crippen molar-refractivity contribution in [3.63, 3.8) is 0 Å².